The number of hydrogen-bond donors (Lipinski definition) is 1. The molecule has 0 saturated carbocycles. The molecule has 0 heterocycles. The number of esters is 1. The van der Waals surface area contributed by atoms with Gasteiger partial charge in [-0.05, 0) is 38.4 Å². The number of nitrogens with two attached hydrogens (primary N) is 1. The predicted molar refractivity (Wildman–Crippen MR) is 59.8 cm³/mol. The van der Waals surface area contributed by atoms with Gasteiger partial charge in [-0.15, -0.1) is 0 Å². The smallest absolute Gasteiger partial charge is 0.338 e. The molecule has 2 N–H and O–H groups in total. The van der Waals surface area contributed by atoms with Gasteiger partial charge in [0, 0.05) is 0 Å². The van der Waals surface area contributed by atoms with Crippen LogP contribution in [0.3, 0.4) is 0 Å². The van der Waals surface area contributed by atoms with Crippen LogP contribution in [0.2, 0.25) is 0 Å². The molecule has 0 unspecified atom stereocenters. The highest BCUT2D eigenvalue weighted by molar-refractivity contribution is 5.91. The van der Waals surface area contributed by atoms with Gasteiger partial charge in [-0.3, -0.25) is 0 Å². The number of ether oxygens (including phenoxy) is 1. The van der Waals surface area contributed by atoms with Gasteiger partial charge in [-0.1, -0.05) is 18.2 Å². The first kappa shape index (κ1) is 11.7. The maximum Gasteiger partial charge on any atom is 0.338 e. The molecule has 15 heavy (non-hydrogen) atoms. The SMILES string of the molecule is CC(C)OC(=O)c1ccccc1CCN. The summed E-state index contributed by atoms with van der Waals surface area (Å²) >= 11 is 0. The van der Waals surface area contributed by atoms with Gasteiger partial charge in [0.25, 0.3) is 0 Å². The second-order valence-electron chi connectivity index (χ2n) is 3.65. The van der Waals surface area contributed by atoms with E-state index in [0.717, 1.165) is 5.56 Å². The number of carbonyl (C=O) groups is 1. The summed E-state index contributed by atoms with van der Waals surface area (Å²) in [5, 5.41) is 0. The monoisotopic (exact) mass is 207 g/mol. The molecule has 0 aliphatic carbocycles. The first-order valence-electron chi connectivity index (χ1n) is 5.14. The van der Waals surface area contributed by atoms with Crippen molar-refractivity contribution in [3.05, 3.63) is 35.4 Å². The van der Waals surface area contributed by atoms with Crippen LogP contribution in [0.5, 0.6) is 0 Å². The highest BCUT2D eigenvalue weighted by Gasteiger charge is 2.12. The van der Waals surface area contributed by atoms with Crippen molar-refractivity contribution in [2.45, 2.75) is 26.4 Å². The second-order valence-corrected chi connectivity index (χ2v) is 3.65. The molecule has 0 atom stereocenters. The van der Waals surface area contributed by atoms with Crippen LogP contribution < -0.4 is 5.73 Å². The molecule has 82 valence electrons. The van der Waals surface area contributed by atoms with E-state index in [1.54, 1.807) is 6.07 Å². The van der Waals surface area contributed by atoms with Crippen LogP contribution in [0, 0.1) is 0 Å². The molecule has 0 aliphatic heterocycles. The number of hydrogen-bond acceptors (Lipinski definition) is 3. The molecule has 3 nitrogen and oxygen atoms in total. The number of benzene rings is 1. The van der Waals surface area contributed by atoms with Crippen LogP contribution >= 0.6 is 0 Å². The Morgan fingerprint density at radius 2 is 2.07 bits per heavy atom. The molecule has 1 rings (SSSR count). The maximum atomic E-state index is 11.7. The fourth-order valence-corrected chi connectivity index (χ4v) is 1.37. The molecule has 1 aromatic rings. The van der Waals surface area contributed by atoms with E-state index < -0.39 is 0 Å². The van der Waals surface area contributed by atoms with E-state index in [1.807, 2.05) is 32.0 Å². The fraction of sp³-hybridized carbons (Fsp3) is 0.417. The van der Waals surface area contributed by atoms with Crippen LogP contribution in [0.4, 0.5) is 0 Å². The van der Waals surface area contributed by atoms with Gasteiger partial charge < -0.3 is 10.5 Å². The van der Waals surface area contributed by atoms with E-state index in [2.05, 4.69) is 0 Å². The Hall–Kier alpha value is -1.35. The molecular weight excluding hydrogens is 190 g/mol. The van der Waals surface area contributed by atoms with Crippen LogP contribution in [0.25, 0.3) is 0 Å². The molecule has 0 amide bonds. The minimum absolute atomic E-state index is 0.0940. The Bertz CT molecular complexity index is 334. The Kier molecular flexibility index (Phi) is 4.31. The van der Waals surface area contributed by atoms with Gasteiger partial charge in [-0.2, -0.15) is 0 Å². The molecule has 0 radical (unpaired) electrons. The minimum atomic E-state index is -0.269. The minimum Gasteiger partial charge on any atom is -0.459 e. The third-order valence-electron chi connectivity index (χ3n) is 1.99. The van der Waals surface area contributed by atoms with Crippen LogP contribution in [-0.2, 0) is 11.2 Å². The lowest BCUT2D eigenvalue weighted by Gasteiger charge is -2.10. The second kappa shape index (κ2) is 5.51. The van der Waals surface area contributed by atoms with Crippen molar-refractivity contribution < 1.29 is 9.53 Å². The Labute approximate surface area is 90.2 Å². The van der Waals surface area contributed by atoms with Crippen LogP contribution in [0.1, 0.15) is 29.8 Å². The van der Waals surface area contributed by atoms with Crippen molar-refractivity contribution in [3.63, 3.8) is 0 Å². The van der Waals surface area contributed by atoms with Gasteiger partial charge in [0.1, 0.15) is 0 Å². The van der Waals surface area contributed by atoms with E-state index >= 15 is 0 Å². The zero-order valence-corrected chi connectivity index (χ0v) is 9.19. The van der Waals surface area contributed by atoms with Gasteiger partial charge in [0.05, 0.1) is 11.7 Å². The Morgan fingerprint density at radius 3 is 2.67 bits per heavy atom. The van der Waals surface area contributed by atoms with E-state index in [0.29, 0.717) is 18.5 Å². The third kappa shape index (κ3) is 3.36. The maximum absolute atomic E-state index is 11.7. The number of carbonyl (C=O) groups excluding carboxylic acids is 1. The summed E-state index contributed by atoms with van der Waals surface area (Å²) in [6.07, 6.45) is 0.604. The predicted octanol–water partition coefficient (Wildman–Crippen LogP) is 1.75. The van der Waals surface area contributed by atoms with Gasteiger partial charge in [0.2, 0.25) is 0 Å². The summed E-state index contributed by atoms with van der Waals surface area (Å²) in [7, 11) is 0. The molecular formula is C12H17NO2. The van der Waals surface area contributed by atoms with Crippen molar-refractivity contribution in [1.29, 1.82) is 0 Å². The van der Waals surface area contributed by atoms with Gasteiger partial charge in [-0.25, -0.2) is 4.79 Å². The summed E-state index contributed by atoms with van der Waals surface area (Å²) in [4.78, 5) is 11.7. The lowest BCUT2D eigenvalue weighted by molar-refractivity contribution is 0.0376. The quantitative estimate of drug-likeness (QED) is 0.765. The molecule has 0 aromatic heterocycles. The summed E-state index contributed by atoms with van der Waals surface area (Å²) in [6, 6.07) is 7.41. The zero-order valence-electron chi connectivity index (χ0n) is 9.19. The summed E-state index contributed by atoms with van der Waals surface area (Å²) in [5.41, 5.74) is 7.05. The average molecular weight is 207 g/mol. The van der Waals surface area contributed by atoms with Gasteiger partial charge in [0.15, 0.2) is 0 Å². The summed E-state index contributed by atoms with van der Waals surface area (Å²) in [5.74, 6) is -0.269. The van der Waals surface area contributed by atoms with E-state index in [1.165, 1.54) is 0 Å². The molecule has 1 aromatic carbocycles. The fourth-order valence-electron chi connectivity index (χ4n) is 1.37. The summed E-state index contributed by atoms with van der Waals surface area (Å²) < 4.78 is 5.14. The van der Waals surface area contributed by atoms with Crippen molar-refractivity contribution in [3.8, 4) is 0 Å². The number of rotatable bonds is 4. The first-order valence-corrected chi connectivity index (χ1v) is 5.14. The average Bonchev–Trinajstić information content (AvgIpc) is 2.18. The highest BCUT2D eigenvalue weighted by atomic mass is 16.5. The lowest BCUT2D eigenvalue weighted by atomic mass is 10.0. The standard InChI is InChI=1S/C12H17NO2/c1-9(2)15-12(14)11-6-4-3-5-10(11)7-8-13/h3-6,9H,7-8,13H2,1-2H3. The first-order chi connectivity index (χ1) is 7.15. The molecule has 3 heteroatoms. The van der Waals surface area contributed by atoms with Crippen LogP contribution in [-0.4, -0.2) is 18.6 Å². The van der Waals surface area contributed by atoms with E-state index in [-0.39, 0.29) is 12.1 Å². The van der Waals surface area contributed by atoms with Crippen molar-refractivity contribution in [2.24, 2.45) is 5.73 Å². The molecule has 0 aliphatic rings. The van der Waals surface area contributed by atoms with E-state index in [9.17, 15) is 4.79 Å². The van der Waals surface area contributed by atoms with Gasteiger partial charge >= 0.3 is 5.97 Å². The summed E-state index contributed by atoms with van der Waals surface area (Å²) in [6.45, 7) is 4.21. The largest absolute Gasteiger partial charge is 0.459 e. The lowest BCUT2D eigenvalue weighted by Crippen LogP contribution is -2.15. The van der Waals surface area contributed by atoms with Crippen molar-refractivity contribution in [2.75, 3.05) is 6.54 Å². The normalized spacial score (nSPS) is 10.4. The van der Waals surface area contributed by atoms with E-state index in [4.69, 9.17) is 10.5 Å². The van der Waals surface area contributed by atoms with Crippen LogP contribution in [0.15, 0.2) is 24.3 Å². The molecule has 0 spiro atoms. The molecule has 0 bridgehead atoms. The Morgan fingerprint density at radius 1 is 1.40 bits per heavy atom. The van der Waals surface area contributed by atoms with Crippen molar-refractivity contribution >= 4 is 5.97 Å². The molecule has 0 saturated heterocycles. The Balaban J connectivity index is 2.87. The topological polar surface area (TPSA) is 52.3 Å². The highest BCUT2D eigenvalue weighted by Crippen LogP contribution is 2.11. The van der Waals surface area contributed by atoms with Crippen molar-refractivity contribution in [1.82, 2.24) is 0 Å². The molecule has 0 fully saturated rings. The third-order valence-corrected chi connectivity index (χ3v) is 1.99. The zero-order chi connectivity index (χ0) is 11.3.